The van der Waals surface area contributed by atoms with Crippen molar-refractivity contribution >= 4 is 44.9 Å². The highest BCUT2D eigenvalue weighted by atomic mass is 79.9. The summed E-state index contributed by atoms with van der Waals surface area (Å²) in [6.07, 6.45) is 0.789. The normalized spacial score (nSPS) is 10.5. The molecule has 0 unspecified atom stereocenters. The molecule has 1 aromatic carbocycles. The third-order valence-corrected chi connectivity index (χ3v) is 4.25. The van der Waals surface area contributed by atoms with Gasteiger partial charge in [-0.25, -0.2) is 9.97 Å². The molecular formula is C15H18BrClN4. The monoisotopic (exact) mass is 368 g/mol. The molecule has 2 aromatic rings. The number of aryl methyl sites for hydroxylation is 1. The number of anilines is 3. The summed E-state index contributed by atoms with van der Waals surface area (Å²) in [6.45, 7) is 6.93. The Labute approximate surface area is 138 Å². The van der Waals surface area contributed by atoms with E-state index in [1.54, 1.807) is 0 Å². The van der Waals surface area contributed by atoms with Gasteiger partial charge in [0, 0.05) is 28.7 Å². The molecule has 0 atom stereocenters. The van der Waals surface area contributed by atoms with Crippen LogP contribution < -0.4 is 10.6 Å². The van der Waals surface area contributed by atoms with Crippen LogP contribution in [0.4, 0.5) is 17.3 Å². The molecule has 1 aromatic heterocycles. The highest BCUT2D eigenvalue weighted by Gasteiger charge is 2.10. The van der Waals surface area contributed by atoms with E-state index >= 15 is 0 Å². The van der Waals surface area contributed by atoms with Crippen LogP contribution >= 0.6 is 27.5 Å². The molecule has 2 rings (SSSR count). The average molecular weight is 370 g/mol. The molecule has 112 valence electrons. The van der Waals surface area contributed by atoms with Gasteiger partial charge < -0.3 is 10.6 Å². The van der Waals surface area contributed by atoms with E-state index in [2.05, 4.69) is 43.5 Å². The zero-order valence-corrected chi connectivity index (χ0v) is 14.6. The van der Waals surface area contributed by atoms with Gasteiger partial charge in [0.05, 0.1) is 5.02 Å². The molecule has 0 bridgehead atoms. The highest BCUT2D eigenvalue weighted by molar-refractivity contribution is 9.10. The molecule has 0 amide bonds. The molecule has 0 aliphatic rings. The molecule has 4 nitrogen and oxygen atoms in total. The van der Waals surface area contributed by atoms with E-state index in [1.165, 1.54) is 0 Å². The fourth-order valence-corrected chi connectivity index (χ4v) is 2.39. The van der Waals surface area contributed by atoms with Crippen LogP contribution in [-0.2, 0) is 6.42 Å². The minimum Gasteiger partial charge on any atom is -0.370 e. The molecule has 0 aliphatic heterocycles. The van der Waals surface area contributed by atoms with Crippen molar-refractivity contribution in [2.24, 2.45) is 0 Å². The molecule has 0 saturated carbocycles. The maximum absolute atomic E-state index is 6.02. The Bertz CT molecular complexity index is 646. The third-order valence-electron chi connectivity index (χ3n) is 3.03. The quantitative estimate of drug-likeness (QED) is 0.784. The van der Waals surface area contributed by atoms with E-state index in [-0.39, 0.29) is 0 Å². The van der Waals surface area contributed by atoms with Crippen molar-refractivity contribution in [3.8, 4) is 0 Å². The summed E-state index contributed by atoms with van der Waals surface area (Å²) in [6, 6.07) is 5.70. The minimum atomic E-state index is 0.683. The van der Waals surface area contributed by atoms with Crippen molar-refractivity contribution in [2.45, 2.75) is 27.2 Å². The summed E-state index contributed by atoms with van der Waals surface area (Å²) in [5, 5.41) is 7.29. The van der Waals surface area contributed by atoms with E-state index < -0.39 is 0 Å². The first-order chi connectivity index (χ1) is 10.0. The van der Waals surface area contributed by atoms with Gasteiger partial charge in [-0.1, -0.05) is 18.5 Å². The van der Waals surface area contributed by atoms with Gasteiger partial charge in [-0.2, -0.15) is 0 Å². The Balaban J connectivity index is 2.37. The van der Waals surface area contributed by atoms with Crippen molar-refractivity contribution in [3.05, 3.63) is 39.1 Å². The Morgan fingerprint density at radius 2 is 1.90 bits per heavy atom. The fraction of sp³-hybridized carbons (Fsp3) is 0.333. The van der Waals surface area contributed by atoms with Gasteiger partial charge in [-0.15, -0.1) is 0 Å². The number of aromatic nitrogens is 2. The zero-order chi connectivity index (χ0) is 15.4. The van der Waals surface area contributed by atoms with Crippen LogP contribution in [0, 0.1) is 6.92 Å². The van der Waals surface area contributed by atoms with Crippen LogP contribution in [0.2, 0.25) is 5.02 Å². The molecule has 0 radical (unpaired) electrons. The van der Waals surface area contributed by atoms with Crippen LogP contribution in [0.3, 0.4) is 0 Å². The second-order valence-electron chi connectivity index (χ2n) is 4.60. The predicted molar refractivity (Wildman–Crippen MR) is 92.7 cm³/mol. The summed E-state index contributed by atoms with van der Waals surface area (Å²) in [7, 11) is 0. The van der Waals surface area contributed by atoms with Crippen LogP contribution in [0.1, 0.15) is 25.2 Å². The first-order valence-corrected chi connectivity index (χ1v) is 8.05. The van der Waals surface area contributed by atoms with Gasteiger partial charge in [-0.3, -0.25) is 0 Å². The van der Waals surface area contributed by atoms with Crippen LogP contribution in [0.15, 0.2) is 22.7 Å². The van der Waals surface area contributed by atoms with E-state index in [1.807, 2.05) is 32.0 Å². The Morgan fingerprint density at radius 3 is 2.52 bits per heavy atom. The summed E-state index contributed by atoms with van der Waals surface area (Å²) in [4.78, 5) is 9.09. The van der Waals surface area contributed by atoms with E-state index in [9.17, 15) is 0 Å². The highest BCUT2D eigenvalue weighted by Crippen LogP contribution is 2.29. The number of halogens is 2. The van der Waals surface area contributed by atoms with Crippen LogP contribution in [-0.4, -0.2) is 16.5 Å². The number of nitrogens with zero attached hydrogens (tertiary/aromatic N) is 2. The topological polar surface area (TPSA) is 49.8 Å². The molecular weight excluding hydrogens is 352 g/mol. The van der Waals surface area contributed by atoms with Crippen molar-refractivity contribution < 1.29 is 0 Å². The summed E-state index contributed by atoms with van der Waals surface area (Å²) in [5.41, 5.74) is 1.93. The van der Waals surface area contributed by atoms with Gasteiger partial charge in [0.15, 0.2) is 0 Å². The lowest BCUT2D eigenvalue weighted by Crippen LogP contribution is -2.09. The lowest BCUT2D eigenvalue weighted by molar-refractivity contribution is 0.930. The van der Waals surface area contributed by atoms with Crippen molar-refractivity contribution in [3.63, 3.8) is 0 Å². The maximum atomic E-state index is 6.02. The Kier molecular flexibility index (Phi) is 5.42. The standard InChI is InChI=1S/C15H18BrClN4/c1-4-13-20-14(18-5-2)9(3)15(21-13)19-10-6-7-12(17)11(16)8-10/h6-8H,4-5H2,1-3H3,(H2,18,19,20,21). The first-order valence-electron chi connectivity index (χ1n) is 6.88. The number of rotatable bonds is 5. The largest absolute Gasteiger partial charge is 0.370 e. The Morgan fingerprint density at radius 1 is 1.19 bits per heavy atom. The van der Waals surface area contributed by atoms with Crippen molar-refractivity contribution in [2.75, 3.05) is 17.2 Å². The molecule has 6 heteroatoms. The molecule has 0 fully saturated rings. The van der Waals surface area contributed by atoms with E-state index in [0.717, 1.165) is 46.1 Å². The predicted octanol–water partition coefficient (Wildman–Crippen LogP) is 4.94. The Hall–Kier alpha value is -1.33. The van der Waals surface area contributed by atoms with Crippen LogP contribution in [0.5, 0.6) is 0 Å². The number of benzene rings is 1. The maximum Gasteiger partial charge on any atom is 0.139 e. The zero-order valence-electron chi connectivity index (χ0n) is 12.3. The van der Waals surface area contributed by atoms with E-state index in [4.69, 9.17) is 11.6 Å². The van der Waals surface area contributed by atoms with Gasteiger partial charge >= 0.3 is 0 Å². The number of hydrogen-bond donors (Lipinski definition) is 2. The summed E-state index contributed by atoms with van der Waals surface area (Å²) < 4.78 is 0.850. The van der Waals surface area contributed by atoms with Gasteiger partial charge in [0.25, 0.3) is 0 Å². The second kappa shape index (κ2) is 7.09. The van der Waals surface area contributed by atoms with Crippen molar-refractivity contribution in [1.29, 1.82) is 0 Å². The fourth-order valence-electron chi connectivity index (χ4n) is 1.89. The third kappa shape index (κ3) is 3.86. The lowest BCUT2D eigenvalue weighted by atomic mass is 10.2. The second-order valence-corrected chi connectivity index (χ2v) is 5.86. The smallest absolute Gasteiger partial charge is 0.139 e. The number of nitrogens with one attached hydrogen (secondary N) is 2. The molecule has 0 saturated heterocycles. The lowest BCUT2D eigenvalue weighted by Gasteiger charge is -2.14. The summed E-state index contributed by atoms with van der Waals surface area (Å²) >= 11 is 9.45. The molecule has 2 N–H and O–H groups in total. The SMILES string of the molecule is CCNc1nc(CC)nc(Nc2ccc(Cl)c(Br)c2)c1C. The van der Waals surface area contributed by atoms with E-state index in [0.29, 0.717) is 5.02 Å². The van der Waals surface area contributed by atoms with Gasteiger partial charge in [-0.05, 0) is 48.0 Å². The first kappa shape index (κ1) is 16.0. The molecule has 0 aliphatic carbocycles. The molecule has 1 heterocycles. The molecule has 0 spiro atoms. The average Bonchev–Trinajstić information content (AvgIpc) is 2.47. The van der Waals surface area contributed by atoms with Gasteiger partial charge in [0.1, 0.15) is 17.5 Å². The van der Waals surface area contributed by atoms with Crippen molar-refractivity contribution in [1.82, 2.24) is 9.97 Å². The van der Waals surface area contributed by atoms with Crippen LogP contribution in [0.25, 0.3) is 0 Å². The molecule has 21 heavy (non-hydrogen) atoms. The minimum absolute atomic E-state index is 0.683. The summed E-state index contributed by atoms with van der Waals surface area (Å²) in [5.74, 6) is 2.50. The van der Waals surface area contributed by atoms with Gasteiger partial charge in [0.2, 0.25) is 0 Å². The number of hydrogen-bond acceptors (Lipinski definition) is 4.